The number of anilines is 4. The number of amides is 2. The molecular weight excluding hydrogens is 624 g/mol. The maximum Gasteiger partial charge on any atom is 0.408 e. The smallest absolute Gasteiger partial charge is 0.408 e. The molecule has 2 heterocycles. The van der Waals surface area contributed by atoms with Gasteiger partial charge in [-0.1, -0.05) is 39.0 Å². The summed E-state index contributed by atoms with van der Waals surface area (Å²) < 4.78 is 40.9. The van der Waals surface area contributed by atoms with E-state index in [2.05, 4.69) is 25.3 Å². The minimum atomic E-state index is -4.27. The number of fused-ring (bicyclic) bond motifs is 1. The molecule has 1 aliphatic rings. The van der Waals surface area contributed by atoms with Crippen LogP contribution in [-0.2, 0) is 14.8 Å². The number of carboxylic acid groups (broad SMARTS) is 1. The highest BCUT2D eigenvalue weighted by Gasteiger charge is 2.57. The topological polar surface area (TPSA) is 172 Å². The maximum absolute atomic E-state index is 13.9. The fourth-order valence-electron chi connectivity index (χ4n) is 6.30. The summed E-state index contributed by atoms with van der Waals surface area (Å²) in [6, 6.07) is 17.9. The van der Waals surface area contributed by atoms with E-state index >= 15 is 0 Å². The fraction of sp³-hybridized carbons (Fsp3) is 0.333. The van der Waals surface area contributed by atoms with Crippen molar-refractivity contribution in [1.82, 2.24) is 14.9 Å². The first-order valence-electron chi connectivity index (χ1n) is 15.1. The molecule has 248 valence electrons. The monoisotopic (exact) mass is 662 g/mol. The number of benzene rings is 3. The fourth-order valence-corrected chi connectivity index (χ4v) is 7.35. The summed E-state index contributed by atoms with van der Waals surface area (Å²) in [7, 11) is -1.23. The Morgan fingerprint density at radius 1 is 0.915 bits per heavy atom. The van der Waals surface area contributed by atoms with Gasteiger partial charge < -0.3 is 25.2 Å². The second-order valence-corrected chi connectivity index (χ2v) is 13.5. The van der Waals surface area contributed by atoms with Crippen molar-refractivity contribution in [3.05, 3.63) is 66.7 Å². The zero-order valence-corrected chi connectivity index (χ0v) is 27.6. The molecule has 1 aromatic heterocycles. The lowest BCUT2D eigenvalue weighted by Crippen LogP contribution is -2.68. The second-order valence-electron chi connectivity index (χ2n) is 11.9. The minimum absolute atomic E-state index is 0.0640. The Labute approximate surface area is 273 Å². The van der Waals surface area contributed by atoms with Gasteiger partial charge in [0.25, 0.3) is 15.9 Å². The molecule has 1 saturated heterocycles. The third-order valence-corrected chi connectivity index (χ3v) is 10.0. The molecule has 14 heteroatoms. The van der Waals surface area contributed by atoms with Crippen molar-refractivity contribution in [3.63, 3.8) is 0 Å². The summed E-state index contributed by atoms with van der Waals surface area (Å²) in [5.74, 6) is 0.565. The highest BCUT2D eigenvalue weighted by atomic mass is 32.2. The molecule has 13 nitrogen and oxygen atoms in total. The Bertz CT molecular complexity index is 1910. The number of carbonyl (C=O) groups excluding carboxylic acids is 1. The number of sulfonamides is 1. The third-order valence-electron chi connectivity index (χ3n) is 8.70. The number of likely N-dealkylation sites (tertiary alicyclic amines) is 1. The van der Waals surface area contributed by atoms with Crippen molar-refractivity contribution >= 4 is 56.1 Å². The quantitative estimate of drug-likeness (QED) is 0.156. The molecule has 0 aliphatic carbocycles. The van der Waals surface area contributed by atoms with Gasteiger partial charge in [0.2, 0.25) is 0 Å². The number of aromatic nitrogens is 2. The maximum atomic E-state index is 13.9. The lowest BCUT2D eigenvalue weighted by Gasteiger charge is -2.54. The number of carbonyl (C=O) groups is 2. The first-order valence-corrected chi connectivity index (χ1v) is 16.5. The molecule has 4 N–H and O–H groups in total. The molecule has 0 bridgehead atoms. The van der Waals surface area contributed by atoms with Crippen LogP contribution in [0, 0.1) is 5.41 Å². The number of rotatable bonds is 10. The van der Waals surface area contributed by atoms with Crippen LogP contribution in [0.15, 0.2) is 71.6 Å². The molecule has 1 unspecified atom stereocenters. The highest BCUT2D eigenvalue weighted by Crippen LogP contribution is 2.47. The van der Waals surface area contributed by atoms with Crippen molar-refractivity contribution in [1.29, 1.82) is 0 Å². The van der Waals surface area contributed by atoms with Crippen molar-refractivity contribution in [2.45, 2.75) is 50.5 Å². The predicted octanol–water partition coefficient (Wildman–Crippen LogP) is 6.08. The van der Waals surface area contributed by atoms with Gasteiger partial charge in [-0.2, -0.15) is 0 Å². The van der Waals surface area contributed by atoms with Crippen LogP contribution >= 0.6 is 0 Å². The Morgan fingerprint density at radius 2 is 1.55 bits per heavy atom. The molecule has 0 saturated carbocycles. The first kappa shape index (κ1) is 33.3. The molecule has 5 rings (SSSR count). The summed E-state index contributed by atoms with van der Waals surface area (Å²) in [6.45, 7) is 5.77. The van der Waals surface area contributed by atoms with E-state index in [1.54, 1.807) is 55.5 Å². The predicted molar refractivity (Wildman–Crippen MR) is 179 cm³/mol. The molecular formula is C33H38N6O7S. The van der Waals surface area contributed by atoms with Crippen molar-refractivity contribution in [3.8, 4) is 11.5 Å². The van der Waals surface area contributed by atoms with Crippen LogP contribution in [0.3, 0.4) is 0 Å². The molecule has 3 aromatic carbocycles. The molecule has 1 fully saturated rings. The molecule has 4 aromatic rings. The van der Waals surface area contributed by atoms with E-state index in [0.29, 0.717) is 41.1 Å². The number of para-hydroxylation sites is 2. The van der Waals surface area contributed by atoms with Crippen LogP contribution in [0.25, 0.3) is 11.0 Å². The number of hydrogen-bond acceptors (Lipinski definition) is 9. The van der Waals surface area contributed by atoms with Gasteiger partial charge in [0.05, 0.1) is 30.1 Å². The van der Waals surface area contributed by atoms with Gasteiger partial charge in [-0.05, 0) is 55.0 Å². The average Bonchev–Trinajstić information content (AvgIpc) is 3.04. The molecule has 0 radical (unpaired) electrons. The van der Waals surface area contributed by atoms with Crippen molar-refractivity contribution < 1.29 is 32.6 Å². The molecule has 1 atom stereocenters. The number of piperidine rings is 1. The van der Waals surface area contributed by atoms with Gasteiger partial charge >= 0.3 is 6.09 Å². The van der Waals surface area contributed by atoms with Gasteiger partial charge in [0.15, 0.2) is 11.6 Å². The van der Waals surface area contributed by atoms with Crippen LogP contribution in [-0.4, -0.2) is 66.7 Å². The van der Waals surface area contributed by atoms with Crippen molar-refractivity contribution in [2.75, 3.05) is 36.1 Å². The summed E-state index contributed by atoms with van der Waals surface area (Å²) >= 11 is 0. The number of nitrogens with one attached hydrogen (secondary N) is 3. The summed E-state index contributed by atoms with van der Waals surface area (Å²) in [5, 5.41) is 15.9. The lowest BCUT2D eigenvalue weighted by atomic mass is 9.64. The van der Waals surface area contributed by atoms with E-state index in [1.807, 2.05) is 13.8 Å². The Morgan fingerprint density at radius 3 is 2.15 bits per heavy atom. The number of methoxy groups -OCH3 is 2. The Kier molecular flexibility index (Phi) is 9.16. The normalized spacial score (nSPS) is 17.5. The number of ether oxygens (including phenoxy) is 2. The molecule has 0 spiro atoms. The van der Waals surface area contributed by atoms with Gasteiger partial charge in [-0.25, -0.2) is 23.2 Å². The second kappa shape index (κ2) is 12.9. The summed E-state index contributed by atoms with van der Waals surface area (Å²) in [5.41, 5.74) is -0.315. The van der Waals surface area contributed by atoms with E-state index in [-0.39, 0.29) is 35.2 Å². The van der Waals surface area contributed by atoms with Crippen molar-refractivity contribution in [2.24, 2.45) is 5.41 Å². The summed E-state index contributed by atoms with van der Waals surface area (Å²) in [4.78, 5) is 36.4. The van der Waals surface area contributed by atoms with Crippen LogP contribution in [0.2, 0.25) is 0 Å². The largest absolute Gasteiger partial charge is 0.497 e. The van der Waals surface area contributed by atoms with Gasteiger partial charge in [-0.15, -0.1) is 0 Å². The highest BCUT2D eigenvalue weighted by molar-refractivity contribution is 7.92. The number of hydrogen-bond donors (Lipinski definition) is 4. The van der Waals surface area contributed by atoms with Gasteiger partial charge in [0, 0.05) is 36.1 Å². The van der Waals surface area contributed by atoms with Crippen LogP contribution < -0.4 is 24.8 Å². The number of nitrogens with zero attached hydrogens (tertiary/aromatic N) is 3. The molecule has 47 heavy (non-hydrogen) atoms. The van der Waals surface area contributed by atoms with Gasteiger partial charge in [0.1, 0.15) is 17.0 Å². The molecule has 1 aliphatic heterocycles. The zero-order chi connectivity index (χ0) is 34.0. The zero-order valence-electron chi connectivity index (χ0n) is 26.8. The SMILES string of the molecule is CCC1(C(=O)Nc2cccc(S(=O)(=O)Nc3nc4ccccc4nc3Nc3cc(OC)cc(OC)c3)c2)N(C(=O)O)CCCC1(C)C. The van der Waals surface area contributed by atoms with Crippen LogP contribution in [0.5, 0.6) is 11.5 Å². The van der Waals surface area contributed by atoms with E-state index in [1.165, 1.54) is 37.3 Å². The van der Waals surface area contributed by atoms with E-state index < -0.39 is 33.0 Å². The summed E-state index contributed by atoms with van der Waals surface area (Å²) in [6.07, 6.45) is 0.353. The Balaban J connectivity index is 1.48. The average molecular weight is 663 g/mol. The lowest BCUT2D eigenvalue weighted by molar-refractivity contribution is -0.140. The van der Waals surface area contributed by atoms with Crippen LogP contribution in [0.4, 0.5) is 27.8 Å². The standard InChI is InChI=1S/C33H38N6O7S/c1-6-33(32(2,3)15-10-16-39(33)31(41)42)30(40)35-21-11-9-12-25(19-21)47(43,44)38-29-28(36-26-13-7-8-14-27(26)37-29)34-22-17-23(45-4)20-24(18-22)46-5/h7-9,11-14,17-20H,6,10,15-16H2,1-5H3,(H,34,36)(H,35,40)(H,37,38)(H,41,42). The van der Waals surface area contributed by atoms with E-state index in [4.69, 9.17) is 9.47 Å². The van der Waals surface area contributed by atoms with E-state index in [9.17, 15) is 23.1 Å². The van der Waals surface area contributed by atoms with Gasteiger partial charge in [-0.3, -0.25) is 14.4 Å². The molecule has 2 amide bonds. The van der Waals surface area contributed by atoms with E-state index in [0.717, 1.165) is 0 Å². The van der Waals surface area contributed by atoms with Crippen LogP contribution in [0.1, 0.15) is 40.0 Å². The minimum Gasteiger partial charge on any atom is -0.497 e. The first-order chi connectivity index (χ1) is 22.3. The third kappa shape index (κ3) is 6.45. The Hall–Kier alpha value is -5.11.